The maximum atomic E-state index is 12.6. The van der Waals surface area contributed by atoms with Gasteiger partial charge in [0.1, 0.15) is 11.5 Å². The summed E-state index contributed by atoms with van der Waals surface area (Å²) in [6, 6.07) is 9.61. The molecule has 0 radical (unpaired) electrons. The first kappa shape index (κ1) is 23.4. The number of methoxy groups -OCH3 is 1. The van der Waals surface area contributed by atoms with Gasteiger partial charge in [0.05, 0.1) is 22.7 Å². The second kappa shape index (κ2) is 10.3. The standard InChI is InChI=1S/C22H27ClN2O5S/c1-15-8-10-21(29-2)19(12-15)24-22(26)14-30-20-11-9-17(13-18(20)23)31(27,28)25-16-6-4-3-5-7-16/h8-13,16,25H,3-7,14H2,1-2H3,(H,24,26). The van der Waals surface area contributed by atoms with E-state index in [1.54, 1.807) is 12.1 Å². The third-order valence-corrected chi connectivity index (χ3v) is 6.94. The molecular weight excluding hydrogens is 440 g/mol. The van der Waals surface area contributed by atoms with Crippen LogP contribution in [0.25, 0.3) is 0 Å². The number of sulfonamides is 1. The van der Waals surface area contributed by atoms with Crippen molar-refractivity contribution < 1.29 is 22.7 Å². The first-order valence-electron chi connectivity index (χ1n) is 10.2. The Labute approximate surface area is 188 Å². The summed E-state index contributed by atoms with van der Waals surface area (Å²) in [7, 11) is -2.14. The lowest BCUT2D eigenvalue weighted by Crippen LogP contribution is -2.36. The van der Waals surface area contributed by atoms with Crippen LogP contribution in [0.4, 0.5) is 5.69 Å². The van der Waals surface area contributed by atoms with Crippen LogP contribution >= 0.6 is 11.6 Å². The molecule has 0 spiro atoms. The summed E-state index contributed by atoms with van der Waals surface area (Å²) < 4.78 is 38.8. The van der Waals surface area contributed by atoms with E-state index in [0.717, 1.165) is 37.7 Å². The number of benzene rings is 2. The van der Waals surface area contributed by atoms with Gasteiger partial charge >= 0.3 is 0 Å². The summed E-state index contributed by atoms with van der Waals surface area (Å²) in [5.74, 6) is 0.372. The molecule has 1 aliphatic carbocycles. The zero-order chi connectivity index (χ0) is 22.4. The molecule has 1 fully saturated rings. The molecule has 2 aromatic carbocycles. The van der Waals surface area contributed by atoms with Gasteiger partial charge in [0.2, 0.25) is 10.0 Å². The van der Waals surface area contributed by atoms with Crippen LogP contribution in [0.5, 0.6) is 11.5 Å². The molecule has 1 aliphatic rings. The van der Waals surface area contributed by atoms with Gasteiger partial charge in [-0.3, -0.25) is 4.79 Å². The van der Waals surface area contributed by atoms with Crippen LogP contribution in [0.1, 0.15) is 37.7 Å². The fraction of sp³-hybridized carbons (Fsp3) is 0.409. The van der Waals surface area contributed by atoms with Gasteiger partial charge in [0, 0.05) is 6.04 Å². The maximum Gasteiger partial charge on any atom is 0.262 e. The molecule has 2 aromatic rings. The highest BCUT2D eigenvalue weighted by molar-refractivity contribution is 7.89. The molecular formula is C22H27ClN2O5S. The Hall–Kier alpha value is -2.29. The monoisotopic (exact) mass is 466 g/mol. The van der Waals surface area contributed by atoms with Crippen molar-refractivity contribution in [2.45, 2.75) is 50.0 Å². The van der Waals surface area contributed by atoms with E-state index in [9.17, 15) is 13.2 Å². The minimum atomic E-state index is -3.67. The number of rotatable bonds is 8. The molecule has 0 saturated heterocycles. The lowest BCUT2D eigenvalue weighted by molar-refractivity contribution is -0.118. The molecule has 3 rings (SSSR count). The van der Waals surface area contributed by atoms with Crippen LogP contribution in [0.2, 0.25) is 5.02 Å². The van der Waals surface area contributed by atoms with E-state index >= 15 is 0 Å². The number of halogens is 1. The second-order valence-electron chi connectivity index (χ2n) is 7.59. The third kappa shape index (κ3) is 6.35. The lowest BCUT2D eigenvalue weighted by atomic mass is 9.96. The molecule has 2 N–H and O–H groups in total. The number of ether oxygens (including phenoxy) is 2. The van der Waals surface area contributed by atoms with E-state index in [1.807, 2.05) is 13.0 Å². The molecule has 0 aliphatic heterocycles. The van der Waals surface area contributed by atoms with Gasteiger partial charge in [-0.05, 0) is 55.7 Å². The summed E-state index contributed by atoms with van der Waals surface area (Å²) in [6.07, 6.45) is 4.87. The van der Waals surface area contributed by atoms with Crippen molar-refractivity contribution in [1.29, 1.82) is 0 Å². The van der Waals surface area contributed by atoms with Gasteiger partial charge in [0.15, 0.2) is 6.61 Å². The Morgan fingerprint density at radius 3 is 2.48 bits per heavy atom. The smallest absolute Gasteiger partial charge is 0.262 e. The Bertz CT molecular complexity index is 1040. The van der Waals surface area contributed by atoms with E-state index in [2.05, 4.69) is 10.0 Å². The zero-order valence-electron chi connectivity index (χ0n) is 17.6. The molecule has 0 atom stereocenters. The number of carbonyl (C=O) groups excluding carboxylic acids is 1. The maximum absolute atomic E-state index is 12.6. The minimum Gasteiger partial charge on any atom is -0.495 e. The van der Waals surface area contributed by atoms with E-state index in [-0.39, 0.29) is 28.3 Å². The van der Waals surface area contributed by atoms with Crippen molar-refractivity contribution in [3.63, 3.8) is 0 Å². The van der Waals surface area contributed by atoms with Gasteiger partial charge in [-0.15, -0.1) is 0 Å². The summed E-state index contributed by atoms with van der Waals surface area (Å²) in [6.45, 7) is 1.62. The topological polar surface area (TPSA) is 93.7 Å². The van der Waals surface area contributed by atoms with Crippen molar-refractivity contribution >= 4 is 33.2 Å². The van der Waals surface area contributed by atoms with Crippen LogP contribution < -0.4 is 19.5 Å². The van der Waals surface area contributed by atoms with Crippen LogP contribution in [0.15, 0.2) is 41.3 Å². The first-order valence-corrected chi connectivity index (χ1v) is 12.0. The number of hydrogen-bond donors (Lipinski definition) is 2. The molecule has 1 saturated carbocycles. The Kier molecular flexibility index (Phi) is 7.80. The molecule has 168 valence electrons. The van der Waals surface area contributed by atoms with Crippen LogP contribution in [-0.2, 0) is 14.8 Å². The average molecular weight is 467 g/mol. The molecule has 31 heavy (non-hydrogen) atoms. The normalized spacial score (nSPS) is 14.8. The van der Waals surface area contributed by atoms with Crippen molar-refractivity contribution in [1.82, 2.24) is 4.72 Å². The number of nitrogens with one attached hydrogen (secondary N) is 2. The predicted molar refractivity (Wildman–Crippen MR) is 121 cm³/mol. The molecule has 0 unspecified atom stereocenters. The quantitative estimate of drug-likeness (QED) is 0.605. The second-order valence-corrected chi connectivity index (χ2v) is 9.71. The number of anilines is 1. The van der Waals surface area contributed by atoms with Gasteiger partial charge < -0.3 is 14.8 Å². The van der Waals surface area contributed by atoms with Crippen molar-refractivity contribution in [2.75, 3.05) is 19.0 Å². The zero-order valence-corrected chi connectivity index (χ0v) is 19.2. The van der Waals surface area contributed by atoms with Gasteiger partial charge in [-0.2, -0.15) is 0 Å². The van der Waals surface area contributed by atoms with Crippen LogP contribution in [0.3, 0.4) is 0 Å². The summed E-state index contributed by atoms with van der Waals surface area (Å²) >= 11 is 6.22. The molecule has 1 amide bonds. The predicted octanol–water partition coefficient (Wildman–Crippen LogP) is 4.29. The lowest BCUT2D eigenvalue weighted by Gasteiger charge is -2.22. The number of amides is 1. The van der Waals surface area contributed by atoms with Crippen molar-refractivity contribution in [2.24, 2.45) is 0 Å². The average Bonchev–Trinajstić information content (AvgIpc) is 2.73. The molecule has 7 nitrogen and oxygen atoms in total. The summed E-state index contributed by atoms with van der Waals surface area (Å²) in [4.78, 5) is 12.4. The fourth-order valence-electron chi connectivity index (χ4n) is 3.52. The van der Waals surface area contributed by atoms with E-state index in [4.69, 9.17) is 21.1 Å². The SMILES string of the molecule is COc1ccc(C)cc1NC(=O)COc1ccc(S(=O)(=O)NC2CCCCC2)cc1Cl. The van der Waals surface area contributed by atoms with Crippen molar-refractivity contribution in [3.05, 3.63) is 47.0 Å². The number of aryl methyl sites for hydroxylation is 1. The molecule has 0 bridgehead atoms. The first-order chi connectivity index (χ1) is 14.8. The summed E-state index contributed by atoms with van der Waals surface area (Å²) in [5, 5.41) is 2.85. The Morgan fingerprint density at radius 2 is 1.81 bits per heavy atom. The Balaban J connectivity index is 1.61. The minimum absolute atomic E-state index is 0.0456. The van der Waals surface area contributed by atoms with E-state index in [1.165, 1.54) is 25.3 Å². The number of hydrogen-bond acceptors (Lipinski definition) is 5. The highest BCUT2D eigenvalue weighted by Gasteiger charge is 2.22. The number of carbonyl (C=O) groups is 1. The fourth-order valence-corrected chi connectivity index (χ4v) is 5.15. The molecule has 0 aromatic heterocycles. The summed E-state index contributed by atoms with van der Waals surface area (Å²) in [5.41, 5.74) is 1.51. The molecule has 0 heterocycles. The van der Waals surface area contributed by atoms with Gasteiger partial charge in [0.25, 0.3) is 5.91 Å². The highest BCUT2D eigenvalue weighted by atomic mass is 35.5. The Morgan fingerprint density at radius 1 is 1.10 bits per heavy atom. The highest BCUT2D eigenvalue weighted by Crippen LogP contribution is 2.29. The van der Waals surface area contributed by atoms with Crippen molar-refractivity contribution in [3.8, 4) is 11.5 Å². The van der Waals surface area contributed by atoms with E-state index < -0.39 is 15.9 Å². The van der Waals surface area contributed by atoms with Crippen LogP contribution in [-0.4, -0.2) is 34.1 Å². The third-order valence-electron chi connectivity index (χ3n) is 5.13. The van der Waals surface area contributed by atoms with Gasteiger partial charge in [-0.1, -0.05) is 36.9 Å². The van der Waals surface area contributed by atoms with Gasteiger partial charge in [-0.25, -0.2) is 13.1 Å². The van der Waals surface area contributed by atoms with E-state index in [0.29, 0.717) is 11.4 Å². The largest absolute Gasteiger partial charge is 0.495 e. The van der Waals surface area contributed by atoms with Crippen LogP contribution in [0, 0.1) is 6.92 Å². The molecule has 9 heteroatoms.